The first kappa shape index (κ1) is 10.2. The van der Waals surface area contributed by atoms with Crippen LogP contribution in [0.15, 0.2) is 28.7 Å². The first-order valence-electron chi connectivity index (χ1n) is 4.50. The number of carboxylic acid groups (broad SMARTS) is 1. The number of halogens is 1. The van der Waals surface area contributed by atoms with E-state index in [2.05, 4.69) is 15.9 Å². The summed E-state index contributed by atoms with van der Waals surface area (Å²) in [5.41, 5.74) is -0.268. The summed E-state index contributed by atoms with van der Waals surface area (Å²) in [5.74, 6) is -1.17. The SMILES string of the molecule is N#CC1(C(=O)O)CC1c1ccc(Br)cc1. The van der Waals surface area contributed by atoms with E-state index in [4.69, 9.17) is 10.4 Å². The lowest BCUT2D eigenvalue weighted by atomic mass is 10.0. The zero-order chi connectivity index (χ0) is 11.1. The summed E-state index contributed by atoms with van der Waals surface area (Å²) < 4.78 is 0.949. The third kappa shape index (κ3) is 1.53. The van der Waals surface area contributed by atoms with Gasteiger partial charge in [-0.3, -0.25) is 4.79 Å². The number of benzene rings is 1. The molecule has 1 aromatic rings. The van der Waals surface area contributed by atoms with Crippen LogP contribution in [0.5, 0.6) is 0 Å². The number of rotatable bonds is 2. The predicted molar refractivity (Wildman–Crippen MR) is 57.2 cm³/mol. The smallest absolute Gasteiger partial charge is 0.324 e. The van der Waals surface area contributed by atoms with Crippen molar-refractivity contribution in [3.8, 4) is 6.07 Å². The van der Waals surface area contributed by atoms with E-state index >= 15 is 0 Å². The normalized spacial score (nSPS) is 28.1. The van der Waals surface area contributed by atoms with Gasteiger partial charge in [0.15, 0.2) is 5.41 Å². The quantitative estimate of drug-likeness (QED) is 0.894. The molecule has 3 nitrogen and oxygen atoms in total. The minimum absolute atomic E-state index is 0.159. The van der Waals surface area contributed by atoms with Crippen molar-refractivity contribution in [3.63, 3.8) is 0 Å². The van der Waals surface area contributed by atoms with Crippen molar-refractivity contribution < 1.29 is 9.90 Å². The molecule has 0 radical (unpaired) electrons. The molecule has 0 spiro atoms. The molecule has 2 unspecified atom stereocenters. The monoisotopic (exact) mass is 265 g/mol. The number of hydrogen-bond acceptors (Lipinski definition) is 2. The van der Waals surface area contributed by atoms with Crippen LogP contribution in [0.2, 0.25) is 0 Å². The number of nitriles is 1. The highest BCUT2D eigenvalue weighted by atomic mass is 79.9. The van der Waals surface area contributed by atoms with Gasteiger partial charge in [-0.1, -0.05) is 28.1 Å². The van der Waals surface area contributed by atoms with Crippen LogP contribution in [0, 0.1) is 16.7 Å². The molecule has 2 rings (SSSR count). The van der Waals surface area contributed by atoms with E-state index in [-0.39, 0.29) is 5.92 Å². The van der Waals surface area contributed by atoms with E-state index in [1.54, 1.807) is 0 Å². The number of carbonyl (C=O) groups is 1. The van der Waals surface area contributed by atoms with Gasteiger partial charge in [0.05, 0.1) is 6.07 Å². The number of carboxylic acids is 1. The highest BCUT2D eigenvalue weighted by Crippen LogP contribution is 2.59. The number of nitrogens with zero attached hydrogens (tertiary/aromatic N) is 1. The molecule has 2 atom stereocenters. The zero-order valence-corrected chi connectivity index (χ0v) is 9.36. The molecule has 0 amide bonds. The van der Waals surface area contributed by atoms with Crippen molar-refractivity contribution in [2.45, 2.75) is 12.3 Å². The molecular weight excluding hydrogens is 258 g/mol. The number of hydrogen-bond donors (Lipinski definition) is 1. The molecule has 15 heavy (non-hydrogen) atoms. The van der Waals surface area contributed by atoms with Gasteiger partial charge in [0.25, 0.3) is 0 Å². The molecule has 1 aliphatic rings. The summed E-state index contributed by atoms with van der Waals surface area (Å²) in [7, 11) is 0. The Kier molecular flexibility index (Phi) is 2.28. The third-order valence-corrected chi connectivity index (χ3v) is 3.34. The fraction of sp³-hybridized carbons (Fsp3) is 0.273. The van der Waals surface area contributed by atoms with Gasteiger partial charge in [-0.05, 0) is 24.1 Å². The van der Waals surface area contributed by atoms with E-state index in [0.717, 1.165) is 10.0 Å². The Bertz CT molecular complexity index is 449. The Labute approximate surface area is 95.5 Å². The second kappa shape index (κ2) is 3.35. The molecule has 0 heterocycles. The molecule has 1 aliphatic carbocycles. The summed E-state index contributed by atoms with van der Waals surface area (Å²) in [6.07, 6.45) is 0.417. The highest BCUT2D eigenvalue weighted by molar-refractivity contribution is 9.10. The Morgan fingerprint density at radius 3 is 2.53 bits per heavy atom. The lowest BCUT2D eigenvalue weighted by Gasteiger charge is -2.02. The molecule has 0 aliphatic heterocycles. The van der Waals surface area contributed by atoms with Gasteiger partial charge in [0, 0.05) is 10.4 Å². The molecule has 76 valence electrons. The number of aliphatic carboxylic acids is 1. The van der Waals surface area contributed by atoms with Crippen LogP contribution in [0.4, 0.5) is 0 Å². The molecule has 0 bridgehead atoms. The molecular formula is C11H8BrNO2. The molecule has 0 saturated heterocycles. The van der Waals surface area contributed by atoms with E-state index in [9.17, 15) is 4.79 Å². The van der Waals surface area contributed by atoms with Crippen molar-refractivity contribution >= 4 is 21.9 Å². The Hall–Kier alpha value is -1.34. The Morgan fingerprint density at radius 2 is 2.13 bits per heavy atom. The second-order valence-electron chi connectivity index (χ2n) is 3.70. The first-order chi connectivity index (χ1) is 7.10. The van der Waals surface area contributed by atoms with Gasteiger partial charge in [0.2, 0.25) is 0 Å². The van der Waals surface area contributed by atoms with E-state index in [0.29, 0.717) is 6.42 Å². The molecule has 1 saturated carbocycles. The molecule has 1 aromatic carbocycles. The standard InChI is InChI=1S/C11H8BrNO2/c12-8-3-1-7(2-4-8)9-5-11(9,6-13)10(14)15/h1-4,9H,5H2,(H,14,15). The van der Waals surface area contributed by atoms with Gasteiger partial charge in [-0.15, -0.1) is 0 Å². The minimum Gasteiger partial charge on any atom is -0.480 e. The largest absolute Gasteiger partial charge is 0.480 e. The van der Waals surface area contributed by atoms with Crippen molar-refractivity contribution in [2.24, 2.45) is 5.41 Å². The van der Waals surface area contributed by atoms with Crippen molar-refractivity contribution in [3.05, 3.63) is 34.3 Å². The van der Waals surface area contributed by atoms with E-state index in [1.807, 2.05) is 30.3 Å². The van der Waals surface area contributed by atoms with Crippen molar-refractivity contribution in [1.29, 1.82) is 5.26 Å². The fourth-order valence-electron chi connectivity index (χ4n) is 1.77. The maximum absolute atomic E-state index is 10.9. The topological polar surface area (TPSA) is 61.1 Å². The van der Waals surface area contributed by atoms with Crippen LogP contribution in [-0.2, 0) is 4.79 Å². The average molecular weight is 266 g/mol. The van der Waals surface area contributed by atoms with E-state index in [1.165, 1.54) is 0 Å². The Morgan fingerprint density at radius 1 is 1.53 bits per heavy atom. The van der Waals surface area contributed by atoms with Crippen molar-refractivity contribution in [2.75, 3.05) is 0 Å². The Balaban J connectivity index is 2.27. The average Bonchev–Trinajstić information content (AvgIpc) is 2.95. The van der Waals surface area contributed by atoms with Crippen LogP contribution >= 0.6 is 15.9 Å². The highest BCUT2D eigenvalue weighted by Gasteiger charge is 2.62. The zero-order valence-electron chi connectivity index (χ0n) is 7.77. The van der Waals surface area contributed by atoms with Gasteiger partial charge in [0.1, 0.15) is 0 Å². The van der Waals surface area contributed by atoms with Gasteiger partial charge >= 0.3 is 5.97 Å². The second-order valence-corrected chi connectivity index (χ2v) is 4.61. The van der Waals surface area contributed by atoms with Gasteiger partial charge in [-0.2, -0.15) is 5.26 Å². The predicted octanol–water partition coefficient (Wildman–Crippen LogP) is 2.53. The van der Waals surface area contributed by atoms with Gasteiger partial charge < -0.3 is 5.11 Å². The maximum atomic E-state index is 10.9. The summed E-state index contributed by atoms with van der Waals surface area (Å²) in [6.45, 7) is 0. The molecule has 1 fully saturated rings. The summed E-state index contributed by atoms with van der Waals surface area (Å²) in [5, 5.41) is 17.8. The van der Waals surface area contributed by atoms with E-state index < -0.39 is 11.4 Å². The summed E-state index contributed by atoms with van der Waals surface area (Å²) >= 11 is 3.31. The molecule has 1 N–H and O–H groups in total. The first-order valence-corrected chi connectivity index (χ1v) is 5.29. The van der Waals surface area contributed by atoms with Crippen molar-refractivity contribution in [1.82, 2.24) is 0 Å². The molecule has 4 heteroatoms. The minimum atomic E-state index is -1.19. The lowest BCUT2D eigenvalue weighted by molar-refractivity contribution is -0.141. The van der Waals surface area contributed by atoms with Gasteiger partial charge in [-0.25, -0.2) is 0 Å². The third-order valence-electron chi connectivity index (χ3n) is 2.81. The molecule has 0 aromatic heterocycles. The lowest BCUT2D eigenvalue weighted by Crippen LogP contribution is -2.14. The van der Waals surface area contributed by atoms with Crippen LogP contribution in [0.3, 0.4) is 0 Å². The van der Waals surface area contributed by atoms with Crippen LogP contribution in [0.25, 0.3) is 0 Å². The van der Waals surface area contributed by atoms with Crippen LogP contribution < -0.4 is 0 Å². The van der Waals surface area contributed by atoms with Crippen LogP contribution in [-0.4, -0.2) is 11.1 Å². The summed E-state index contributed by atoms with van der Waals surface area (Å²) in [4.78, 5) is 10.9. The van der Waals surface area contributed by atoms with Crippen LogP contribution in [0.1, 0.15) is 17.9 Å². The summed E-state index contributed by atoms with van der Waals surface area (Å²) in [6, 6.07) is 9.34. The fourth-order valence-corrected chi connectivity index (χ4v) is 2.03. The maximum Gasteiger partial charge on any atom is 0.324 e.